The van der Waals surface area contributed by atoms with Crippen LogP contribution in [0.5, 0.6) is 5.75 Å². The normalized spacial score (nSPS) is 9.38. The van der Waals surface area contributed by atoms with E-state index in [1.807, 2.05) is 30.3 Å². The molecule has 2 aromatic carbocycles. The van der Waals surface area contributed by atoms with Crippen molar-refractivity contribution >= 4 is 23.0 Å². The molecule has 0 bridgehead atoms. The van der Waals surface area contributed by atoms with Crippen molar-refractivity contribution in [1.29, 1.82) is 0 Å². The molecule has 0 N–H and O–H groups in total. The topological polar surface area (TPSA) is 9.23 Å². The lowest BCUT2D eigenvalue weighted by atomic mass is 10.0. The van der Waals surface area contributed by atoms with Gasteiger partial charge >= 0.3 is 0 Å². The molecule has 0 heterocycles. The molecule has 1 unspecified atom stereocenters. The zero-order chi connectivity index (χ0) is 10.7. The summed E-state index contributed by atoms with van der Waals surface area (Å²) in [7, 11) is 4.45. The highest BCUT2D eigenvalue weighted by molar-refractivity contribution is 7.28. The quantitative estimate of drug-likeness (QED) is 0.563. The van der Waals surface area contributed by atoms with Crippen LogP contribution in [0.1, 0.15) is 0 Å². The Bertz CT molecular complexity index is 471. The van der Waals surface area contributed by atoms with E-state index in [1.54, 1.807) is 7.11 Å². The van der Waals surface area contributed by atoms with Crippen LogP contribution in [0.15, 0.2) is 48.5 Å². The lowest BCUT2D eigenvalue weighted by Crippen LogP contribution is -1.97. The SMILES string of the molecule is B.COc1ccccc1-c1ccccc1P. The second-order valence-electron chi connectivity index (χ2n) is 3.29. The average molecular weight is 230 g/mol. The van der Waals surface area contributed by atoms with Gasteiger partial charge in [-0.3, -0.25) is 0 Å². The fourth-order valence-electron chi connectivity index (χ4n) is 1.61. The molecule has 0 amide bonds. The minimum atomic E-state index is 0. The van der Waals surface area contributed by atoms with E-state index in [9.17, 15) is 0 Å². The molecular formula is C13H16BOP. The number of benzene rings is 2. The van der Waals surface area contributed by atoms with E-state index in [2.05, 4.69) is 27.4 Å². The Kier molecular flexibility index (Phi) is 4.58. The van der Waals surface area contributed by atoms with E-state index in [-0.39, 0.29) is 8.41 Å². The Morgan fingerprint density at radius 1 is 0.875 bits per heavy atom. The Hall–Kier alpha value is -1.27. The van der Waals surface area contributed by atoms with E-state index < -0.39 is 0 Å². The first kappa shape index (κ1) is 12.8. The molecule has 0 spiro atoms. The molecular weight excluding hydrogens is 214 g/mol. The van der Waals surface area contributed by atoms with Gasteiger partial charge in [0, 0.05) is 5.56 Å². The molecule has 1 nitrogen and oxygen atoms in total. The maximum Gasteiger partial charge on any atom is 0.126 e. The molecule has 0 fully saturated rings. The number of methoxy groups -OCH3 is 1. The van der Waals surface area contributed by atoms with Crippen LogP contribution in [0.3, 0.4) is 0 Å². The van der Waals surface area contributed by atoms with Gasteiger partial charge in [-0.2, -0.15) is 0 Å². The van der Waals surface area contributed by atoms with Crippen LogP contribution in [0.2, 0.25) is 0 Å². The van der Waals surface area contributed by atoms with Crippen molar-refractivity contribution < 1.29 is 4.74 Å². The summed E-state index contributed by atoms with van der Waals surface area (Å²) in [5.74, 6) is 0.910. The summed E-state index contributed by atoms with van der Waals surface area (Å²) in [6.45, 7) is 0. The molecule has 0 aliphatic rings. The molecule has 82 valence electrons. The molecule has 2 aromatic rings. The van der Waals surface area contributed by atoms with Gasteiger partial charge in [0.1, 0.15) is 5.75 Å². The standard InChI is InChI=1S/C13H13OP.BH3/c1-14-12-8-4-2-6-10(12)11-7-3-5-9-13(11)15;/h2-9H,15H2,1H3;1H3. The van der Waals surface area contributed by atoms with Crippen LogP contribution in [0.4, 0.5) is 0 Å². The van der Waals surface area contributed by atoms with Gasteiger partial charge in [0.25, 0.3) is 0 Å². The molecule has 0 saturated carbocycles. The summed E-state index contributed by atoms with van der Waals surface area (Å²) in [6, 6.07) is 16.3. The molecule has 3 heteroatoms. The van der Waals surface area contributed by atoms with Crippen molar-refractivity contribution in [2.75, 3.05) is 7.11 Å². The lowest BCUT2D eigenvalue weighted by molar-refractivity contribution is 0.416. The monoisotopic (exact) mass is 230 g/mol. The van der Waals surface area contributed by atoms with Gasteiger partial charge in [0.2, 0.25) is 0 Å². The second kappa shape index (κ2) is 5.72. The minimum absolute atomic E-state index is 0. The van der Waals surface area contributed by atoms with Crippen LogP contribution in [-0.4, -0.2) is 15.5 Å². The van der Waals surface area contributed by atoms with Gasteiger partial charge in [-0.25, -0.2) is 0 Å². The highest BCUT2D eigenvalue weighted by atomic mass is 31.0. The minimum Gasteiger partial charge on any atom is -0.496 e. The molecule has 16 heavy (non-hydrogen) atoms. The third-order valence-corrected chi connectivity index (χ3v) is 2.86. The highest BCUT2D eigenvalue weighted by Crippen LogP contribution is 2.28. The van der Waals surface area contributed by atoms with Crippen LogP contribution in [0.25, 0.3) is 11.1 Å². The number of rotatable bonds is 2. The fraction of sp³-hybridized carbons (Fsp3) is 0.0769. The molecule has 2 rings (SSSR count). The smallest absolute Gasteiger partial charge is 0.126 e. The van der Waals surface area contributed by atoms with Gasteiger partial charge in [-0.05, 0) is 16.9 Å². The van der Waals surface area contributed by atoms with E-state index in [4.69, 9.17) is 4.74 Å². The predicted octanol–water partition coefficient (Wildman–Crippen LogP) is 1.68. The Morgan fingerprint density at radius 3 is 2.06 bits per heavy atom. The van der Waals surface area contributed by atoms with Crippen molar-refractivity contribution in [3.8, 4) is 16.9 Å². The summed E-state index contributed by atoms with van der Waals surface area (Å²) in [6.07, 6.45) is 0. The lowest BCUT2D eigenvalue weighted by Gasteiger charge is -2.10. The summed E-state index contributed by atoms with van der Waals surface area (Å²) < 4.78 is 5.35. The van der Waals surface area contributed by atoms with E-state index >= 15 is 0 Å². The first-order chi connectivity index (χ1) is 7.33. The summed E-state index contributed by atoms with van der Waals surface area (Å²) in [5.41, 5.74) is 2.32. The maximum absolute atomic E-state index is 5.35. The molecule has 0 aliphatic heterocycles. The maximum atomic E-state index is 5.35. The number of ether oxygens (including phenoxy) is 1. The van der Waals surface area contributed by atoms with Gasteiger partial charge < -0.3 is 4.74 Å². The van der Waals surface area contributed by atoms with Crippen LogP contribution in [0, 0.1) is 0 Å². The Labute approximate surface area is 101 Å². The van der Waals surface area contributed by atoms with Gasteiger partial charge in [-0.15, -0.1) is 9.24 Å². The molecule has 0 aliphatic carbocycles. The van der Waals surface area contributed by atoms with Crippen molar-refractivity contribution in [3.63, 3.8) is 0 Å². The Morgan fingerprint density at radius 2 is 1.44 bits per heavy atom. The van der Waals surface area contributed by atoms with Crippen molar-refractivity contribution in [2.45, 2.75) is 0 Å². The van der Waals surface area contributed by atoms with Crippen molar-refractivity contribution in [1.82, 2.24) is 0 Å². The third-order valence-electron chi connectivity index (χ3n) is 2.36. The zero-order valence-electron chi connectivity index (χ0n) is 8.60. The number of hydrogen-bond donors (Lipinski definition) is 0. The number of hydrogen-bond acceptors (Lipinski definition) is 1. The third kappa shape index (κ3) is 2.45. The van der Waals surface area contributed by atoms with Crippen LogP contribution >= 0.6 is 9.24 Å². The predicted molar refractivity (Wildman–Crippen MR) is 77.7 cm³/mol. The first-order valence-electron chi connectivity index (χ1n) is 4.81. The zero-order valence-corrected chi connectivity index (χ0v) is 9.76. The van der Waals surface area contributed by atoms with E-state index in [1.165, 1.54) is 10.9 Å². The van der Waals surface area contributed by atoms with Crippen molar-refractivity contribution in [3.05, 3.63) is 48.5 Å². The molecule has 0 radical (unpaired) electrons. The Balaban J connectivity index is 0.00000128. The molecule has 0 aromatic heterocycles. The van der Waals surface area contributed by atoms with Gasteiger partial charge in [0.05, 0.1) is 15.5 Å². The molecule has 1 atom stereocenters. The van der Waals surface area contributed by atoms with Crippen LogP contribution < -0.4 is 10.0 Å². The highest BCUT2D eigenvalue weighted by Gasteiger charge is 2.05. The second-order valence-corrected chi connectivity index (χ2v) is 3.91. The van der Waals surface area contributed by atoms with Gasteiger partial charge in [-0.1, -0.05) is 42.5 Å². The summed E-state index contributed by atoms with van der Waals surface area (Å²) >= 11 is 0. The first-order valence-corrected chi connectivity index (χ1v) is 5.38. The molecule has 0 saturated heterocycles. The van der Waals surface area contributed by atoms with Crippen LogP contribution in [-0.2, 0) is 0 Å². The van der Waals surface area contributed by atoms with Gasteiger partial charge in [0.15, 0.2) is 0 Å². The summed E-state index contributed by atoms with van der Waals surface area (Å²) in [4.78, 5) is 0. The summed E-state index contributed by atoms with van der Waals surface area (Å²) in [5, 5.41) is 1.18. The largest absolute Gasteiger partial charge is 0.496 e. The average Bonchev–Trinajstić information content (AvgIpc) is 2.30. The van der Waals surface area contributed by atoms with Crippen molar-refractivity contribution in [2.24, 2.45) is 0 Å². The fourth-order valence-corrected chi connectivity index (χ4v) is 1.97. The van der Waals surface area contributed by atoms with E-state index in [0.29, 0.717) is 0 Å². The van der Waals surface area contributed by atoms with E-state index in [0.717, 1.165) is 11.3 Å². The number of para-hydroxylation sites is 1.